The zero-order valence-electron chi connectivity index (χ0n) is 14.3. The number of sulfone groups is 1. The van der Waals surface area contributed by atoms with Gasteiger partial charge in [-0.15, -0.1) is 0 Å². The first-order chi connectivity index (χ1) is 9.60. The minimum absolute atomic E-state index is 0.132. The third-order valence-electron chi connectivity index (χ3n) is 4.34. The molecule has 1 rings (SSSR count). The van der Waals surface area contributed by atoms with E-state index < -0.39 is 9.84 Å². The SMILES string of the molecule is CNC(CS(=O)(=O)C(C)C(C)C)c1c(C)cc(C)cc1C. The van der Waals surface area contributed by atoms with Crippen molar-refractivity contribution in [3.63, 3.8) is 0 Å². The first kappa shape index (κ1) is 18.2. The van der Waals surface area contributed by atoms with E-state index in [1.165, 1.54) is 5.56 Å². The predicted molar refractivity (Wildman–Crippen MR) is 90.5 cm³/mol. The molecule has 0 spiro atoms. The van der Waals surface area contributed by atoms with Crippen LogP contribution in [-0.4, -0.2) is 26.5 Å². The molecule has 21 heavy (non-hydrogen) atoms. The zero-order valence-corrected chi connectivity index (χ0v) is 15.1. The Kier molecular flexibility index (Phi) is 6.00. The molecule has 2 unspecified atom stereocenters. The number of hydrogen-bond acceptors (Lipinski definition) is 3. The Morgan fingerprint density at radius 2 is 1.52 bits per heavy atom. The lowest BCUT2D eigenvalue weighted by Gasteiger charge is -2.24. The summed E-state index contributed by atoms with van der Waals surface area (Å²) < 4.78 is 25.1. The maximum atomic E-state index is 12.6. The van der Waals surface area contributed by atoms with Crippen molar-refractivity contribution in [3.8, 4) is 0 Å². The molecule has 2 atom stereocenters. The minimum Gasteiger partial charge on any atom is -0.312 e. The number of hydrogen-bond donors (Lipinski definition) is 1. The van der Waals surface area contributed by atoms with Gasteiger partial charge in [0.2, 0.25) is 0 Å². The van der Waals surface area contributed by atoms with Crippen molar-refractivity contribution in [3.05, 3.63) is 34.4 Å². The largest absolute Gasteiger partial charge is 0.312 e. The van der Waals surface area contributed by atoms with E-state index in [9.17, 15) is 8.42 Å². The lowest BCUT2D eigenvalue weighted by Crippen LogP contribution is -2.33. The Labute approximate surface area is 130 Å². The van der Waals surface area contributed by atoms with Crippen molar-refractivity contribution >= 4 is 9.84 Å². The van der Waals surface area contributed by atoms with E-state index in [-0.39, 0.29) is 23.0 Å². The fourth-order valence-corrected chi connectivity index (χ4v) is 4.78. The van der Waals surface area contributed by atoms with Crippen molar-refractivity contribution in [2.45, 2.75) is 52.8 Å². The van der Waals surface area contributed by atoms with E-state index in [4.69, 9.17) is 0 Å². The van der Waals surface area contributed by atoms with Gasteiger partial charge in [0.25, 0.3) is 0 Å². The summed E-state index contributed by atoms with van der Waals surface area (Å²) in [5, 5.41) is 2.87. The Hall–Kier alpha value is -0.870. The normalized spacial score (nSPS) is 15.2. The van der Waals surface area contributed by atoms with Gasteiger partial charge in [0.15, 0.2) is 9.84 Å². The Balaban J connectivity index is 3.17. The number of aryl methyl sites for hydroxylation is 3. The molecule has 0 radical (unpaired) electrons. The summed E-state index contributed by atoms with van der Waals surface area (Å²) in [4.78, 5) is 0. The highest BCUT2D eigenvalue weighted by atomic mass is 32.2. The molecule has 1 N–H and O–H groups in total. The van der Waals surface area contributed by atoms with Gasteiger partial charge in [-0.05, 0) is 57.4 Å². The zero-order chi connectivity index (χ0) is 16.4. The average molecular weight is 311 g/mol. The summed E-state index contributed by atoms with van der Waals surface area (Å²) in [5.74, 6) is 0.279. The predicted octanol–water partition coefficient (Wildman–Crippen LogP) is 3.33. The minimum atomic E-state index is -3.13. The fraction of sp³-hybridized carbons (Fsp3) is 0.647. The molecule has 120 valence electrons. The van der Waals surface area contributed by atoms with Gasteiger partial charge in [-0.1, -0.05) is 31.5 Å². The van der Waals surface area contributed by atoms with Crippen LogP contribution in [0.15, 0.2) is 12.1 Å². The first-order valence-electron chi connectivity index (χ1n) is 7.56. The third kappa shape index (κ3) is 4.30. The molecule has 0 aliphatic rings. The molecule has 3 nitrogen and oxygen atoms in total. The van der Waals surface area contributed by atoms with Crippen LogP contribution in [0, 0.1) is 26.7 Å². The van der Waals surface area contributed by atoms with Crippen LogP contribution in [0.3, 0.4) is 0 Å². The van der Waals surface area contributed by atoms with Gasteiger partial charge in [0, 0.05) is 6.04 Å². The maximum absolute atomic E-state index is 12.6. The lowest BCUT2D eigenvalue weighted by atomic mass is 9.95. The lowest BCUT2D eigenvalue weighted by molar-refractivity contribution is 0.531. The molecule has 0 bridgehead atoms. The van der Waals surface area contributed by atoms with E-state index >= 15 is 0 Å². The highest BCUT2D eigenvalue weighted by Crippen LogP contribution is 2.26. The number of rotatable bonds is 6. The smallest absolute Gasteiger partial charge is 0.155 e. The highest BCUT2D eigenvalue weighted by molar-refractivity contribution is 7.92. The summed E-state index contributed by atoms with van der Waals surface area (Å²) in [6.45, 7) is 11.9. The summed E-state index contributed by atoms with van der Waals surface area (Å²) in [6.07, 6.45) is 0. The van der Waals surface area contributed by atoms with Crippen LogP contribution in [0.25, 0.3) is 0 Å². The molecule has 1 aromatic carbocycles. The molecule has 4 heteroatoms. The van der Waals surface area contributed by atoms with E-state index in [2.05, 4.69) is 38.2 Å². The van der Waals surface area contributed by atoms with Crippen molar-refractivity contribution in [1.82, 2.24) is 5.32 Å². The van der Waals surface area contributed by atoms with Crippen molar-refractivity contribution in [2.24, 2.45) is 5.92 Å². The standard InChI is InChI=1S/C17H29NO2S/c1-11(2)15(6)21(19,20)10-16(18-7)17-13(4)8-12(3)9-14(17)5/h8-9,11,15-16,18H,10H2,1-7H3. The van der Waals surface area contributed by atoms with Crippen LogP contribution < -0.4 is 5.32 Å². The molecule has 0 fully saturated rings. The van der Waals surface area contributed by atoms with Crippen LogP contribution in [0.5, 0.6) is 0 Å². The molecule has 0 aliphatic carbocycles. The van der Waals surface area contributed by atoms with Crippen molar-refractivity contribution in [1.29, 1.82) is 0 Å². The van der Waals surface area contributed by atoms with Crippen LogP contribution in [0.1, 0.15) is 49.1 Å². The van der Waals surface area contributed by atoms with Crippen molar-refractivity contribution < 1.29 is 8.42 Å². The molecular weight excluding hydrogens is 282 g/mol. The molecule has 0 saturated heterocycles. The van der Waals surface area contributed by atoms with Crippen LogP contribution in [-0.2, 0) is 9.84 Å². The van der Waals surface area contributed by atoms with Gasteiger partial charge in [0.1, 0.15) is 0 Å². The maximum Gasteiger partial charge on any atom is 0.155 e. The Bertz CT molecular complexity index is 568. The Morgan fingerprint density at radius 1 is 1.05 bits per heavy atom. The fourth-order valence-electron chi connectivity index (χ4n) is 2.85. The monoisotopic (exact) mass is 311 g/mol. The van der Waals surface area contributed by atoms with Gasteiger partial charge < -0.3 is 5.32 Å². The molecule has 0 amide bonds. The van der Waals surface area contributed by atoms with Gasteiger partial charge in [0.05, 0.1) is 11.0 Å². The molecule has 0 heterocycles. The first-order valence-corrected chi connectivity index (χ1v) is 9.28. The molecule has 1 aromatic rings. The third-order valence-corrected chi connectivity index (χ3v) is 6.81. The summed E-state index contributed by atoms with van der Waals surface area (Å²) >= 11 is 0. The molecule has 0 aliphatic heterocycles. The van der Waals surface area contributed by atoms with Crippen LogP contribution in [0.2, 0.25) is 0 Å². The van der Waals surface area contributed by atoms with E-state index in [1.807, 2.05) is 27.8 Å². The summed E-state index contributed by atoms with van der Waals surface area (Å²) in [5.41, 5.74) is 4.63. The van der Waals surface area contributed by atoms with Crippen molar-refractivity contribution in [2.75, 3.05) is 12.8 Å². The summed E-state index contributed by atoms with van der Waals surface area (Å²) in [6, 6.07) is 4.08. The van der Waals surface area contributed by atoms with E-state index in [1.54, 1.807) is 0 Å². The van der Waals surface area contributed by atoms with E-state index in [0.29, 0.717) is 0 Å². The van der Waals surface area contributed by atoms with Gasteiger partial charge in [-0.3, -0.25) is 0 Å². The molecule has 0 saturated carbocycles. The van der Waals surface area contributed by atoms with Crippen LogP contribution in [0.4, 0.5) is 0 Å². The average Bonchev–Trinajstić information content (AvgIpc) is 2.34. The Morgan fingerprint density at radius 3 is 1.90 bits per heavy atom. The molecule has 0 aromatic heterocycles. The van der Waals surface area contributed by atoms with Gasteiger partial charge >= 0.3 is 0 Å². The topological polar surface area (TPSA) is 46.2 Å². The second-order valence-electron chi connectivity index (χ2n) is 6.43. The van der Waals surface area contributed by atoms with E-state index in [0.717, 1.165) is 16.7 Å². The van der Waals surface area contributed by atoms with Gasteiger partial charge in [-0.25, -0.2) is 8.42 Å². The number of nitrogens with one attached hydrogen (secondary N) is 1. The number of benzene rings is 1. The molecular formula is C17H29NO2S. The highest BCUT2D eigenvalue weighted by Gasteiger charge is 2.28. The second-order valence-corrected chi connectivity index (χ2v) is 8.83. The van der Waals surface area contributed by atoms with Gasteiger partial charge in [-0.2, -0.15) is 0 Å². The quantitative estimate of drug-likeness (QED) is 0.876. The summed E-state index contributed by atoms with van der Waals surface area (Å²) in [7, 11) is -1.29. The second kappa shape index (κ2) is 6.93. The van der Waals surface area contributed by atoms with Crippen LogP contribution >= 0.6 is 0 Å².